The minimum Gasteiger partial charge on any atom is -0.491 e. The molecule has 8 nitrogen and oxygen atoms in total. The number of carbonyl (C=O) groups excluding carboxylic acids is 3. The number of carbonyl (C=O) groups is 3. The highest BCUT2D eigenvalue weighted by atomic mass is 32.1. The second-order valence-corrected chi connectivity index (χ2v) is 7.70. The van der Waals surface area contributed by atoms with E-state index in [2.05, 4.69) is 10.1 Å². The summed E-state index contributed by atoms with van der Waals surface area (Å²) in [4.78, 5) is 37.0. The Kier molecular flexibility index (Phi) is 8.93. The fourth-order valence-electron chi connectivity index (χ4n) is 2.73. The molecule has 0 spiro atoms. The molecule has 34 heavy (non-hydrogen) atoms. The summed E-state index contributed by atoms with van der Waals surface area (Å²) >= 11 is 5.68. The number of nitrogens with one attached hydrogen (secondary N) is 2. The number of anilines is 1. The molecule has 1 heterocycles. The third-order valence-electron chi connectivity index (χ3n) is 4.20. The van der Waals surface area contributed by atoms with E-state index in [-0.39, 0.29) is 34.2 Å². The molecule has 184 valence electrons. The highest BCUT2D eigenvalue weighted by Crippen LogP contribution is 2.34. The Balaban J connectivity index is 2.38. The standard InChI is InChI=1S/C20H18F4N2O6S2/c1-5-31-18(28)8-7(3)15(19(29)32-6-2)34-17(8)26-20(33)25-16(27)9-10(21)12(23)14(30-4)13(24)11(9)22/h5-6H2,1-4H3,(H2,25,26,27,33). The first-order valence-electron chi connectivity index (χ1n) is 9.49. The molecule has 2 aromatic rings. The first kappa shape index (κ1) is 27.0. The summed E-state index contributed by atoms with van der Waals surface area (Å²) in [5.41, 5.74) is -1.47. The van der Waals surface area contributed by atoms with Crippen molar-refractivity contribution in [3.8, 4) is 5.75 Å². The zero-order valence-corrected chi connectivity index (χ0v) is 19.8. The van der Waals surface area contributed by atoms with Crippen LogP contribution in [0.4, 0.5) is 22.6 Å². The monoisotopic (exact) mass is 522 g/mol. The second-order valence-electron chi connectivity index (χ2n) is 6.27. The summed E-state index contributed by atoms with van der Waals surface area (Å²) in [6, 6.07) is 0. The summed E-state index contributed by atoms with van der Waals surface area (Å²) in [6.07, 6.45) is 0. The number of hydrogen-bond donors (Lipinski definition) is 2. The fourth-order valence-corrected chi connectivity index (χ4v) is 4.08. The van der Waals surface area contributed by atoms with Gasteiger partial charge in [0.1, 0.15) is 15.4 Å². The van der Waals surface area contributed by atoms with E-state index in [1.807, 2.05) is 5.32 Å². The maximum Gasteiger partial charge on any atom is 0.348 e. The largest absolute Gasteiger partial charge is 0.491 e. The molecule has 1 aromatic carbocycles. The van der Waals surface area contributed by atoms with E-state index in [4.69, 9.17) is 21.7 Å². The van der Waals surface area contributed by atoms with Gasteiger partial charge in [-0.15, -0.1) is 11.3 Å². The average Bonchev–Trinajstić information content (AvgIpc) is 3.08. The molecular weight excluding hydrogens is 504 g/mol. The molecule has 0 aliphatic heterocycles. The highest BCUT2D eigenvalue weighted by Gasteiger charge is 2.31. The summed E-state index contributed by atoms with van der Waals surface area (Å²) in [7, 11) is 0.786. The Morgan fingerprint density at radius 1 is 0.912 bits per heavy atom. The smallest absolute Gasteiger partial charge is 0.348 e. The van der Waals surface area contributed by atoms with E-state index >= 15 is 0 Å². The van der Waals surface area contributed by atoms with Crippen LogP contribution in [-0.2, 0) is 9.47 Å². The molecule has 0 fully saturated rings. The van der Waals surface area contributed by atoms with Gasteiger partial charge in [0.2, 0.25) is 11.6 Å². The van der Waals surface area contributed by atoms with E-state index in [0.717, 1.165) is 18.4 Å². The van der Waals surface area contributed by atoms with E-state index < -0.39 is 57.5 Å². The number of thiophene rings is 1. The van der Waals surface area contributed by atoms with Crippen molar-refractivity contribution in [3.63, 3.8) is 0 Å². The van der Waals surface area contributed by atoms with E-state index in [1.165, 1.54) is 6.92 Å². The van der Waals surface area contributed by atoms with Crippen molar-refractivity contribution >= 4 is 51.5 Å². The van der Waals surface area contributed by atoms with Gasteiger partial charge in [0.15, 0.2) is 22.5 Å². The molecule has 0 aliphatic rings. The maximum absolute atomic E-state index is 14.2. The van der Waals surface area contributed by atoms with Crippen LogP contribution in [0.5, 0.6) is 5.75 Å². The number of rotatable bonds is 7. The van der Waals surface area contributed by atoms with Gasteiger partial charge in [0, 0.05) is 0 Å². The molecule has 14 heteroatoms. The molecule has 0 bridgehead atoms. The molecule has 0 saturated carbocycles. The van der Waals surface area contributed by atoms with Crippen molar-refractivity contribution in [2.24, 2.45) is 0 Å². The van der Waals surface area contributed by atoms with Gasteiger partial charge in [-0.25, -0.2) is 18.4 Å². The normalized spacial score (nSPS) is 10.5. The molecule has 1 amide bonds. The number of benzene rings is 1. The summed E-state index contributed by atoms with van der Waals surface area (Å²) < 4.78 is 70.4. The highest BCUT2D eigenvalue weighted by molar-refractivity contribution is 7.80. The van der Waals surface area contributed by atoms with Crippen LogP contribution in [0.1, 0.15) is 49.8 Å². The lowest BCUT2D eigenvalue weighted by Crippen LogP contribution is -2.35. The maximum atomic E-state index is 14.2. The van der Waals surface area contributed by atoms with Crippen LogP contribution in [0.25, 0.3) is 0 Å². The predicted octanol–water partition coefficient (Wildman–Crippen LogP) is 4.10. The number of methoxy groups -OCH3 is 1. The SMILES string of the molecule is CCOC(=O)c1sc(NC(=S)NC(=O)c2c(F)c(F)c(OC)c(F)c2F)c(C(=O)OCC)c1C. The molecule has 0 aliphatic carbocycles. The zero-order chi connectivity index (χ0) is 25.7. The van der Waals surface area contributed by atoms with Crippen LogP contribution in [0.15, 0.2) is 0 Å². The van der Waals surface area contributed by atoms with Crippen LogP contribution in [0.3, 0.4) is 0 Å². The van der Waals surface area contributed by atoms with Gasteiger partial charge in [-0.05, 0) is 38.6 Å². The lowest BCUT2D eigenvalue weighted by atomic mass is 10.1. The summed E-state index contributed by atoms with van der Waals surface area (Å²) in [5.74, 6) is -12.3. The van der Waals surface area contributed by atoms with Crippen molar-refractivity contribution in [2.75, 3.05) is 25.6 Å². The summed E-state index contributed by atoms with van der Waals surface area (Å²) in [6.45, 7) is 4.67. The average molecular weight is 522 g/mol. The molecule has 1 aromatic heterocycles. The fraction of sp³-hybridized carbons (Fsp3) is 0.300. The topological polar surface area (TPSA) is 103 Å². The van der Waals surface area contributed by atoms with Crippen molar-refractivity contribution in [1.29, 1.82) is 0 Å². The zero-order valence-electron chi connectivity index (χ0n) is 18.2. The number of hydrogen-bond acceptors (Lipinski definition) is 8. The van der Waals surface area contributed by atoms with Crippen molar-refractivity contribution in [3.05, 3.63) is 44.8 Å². The Morgan fingerprint density at radius 3 is 1.94 bits per heavy atom. The molecule has 2 rings (SSSR count). The van der Waals surface area contributed by atoms with Gasteiger partial charge in [0.05, 0.1) is 25.9 Å². The Labute approximate surface area is 200 Å². The third-order valence-corrected chi connectivity index (χ3v) is 5.59. The number of amides is 1. The van der Waals surface area contributed by atoms with Crippen LogP contribution < -0.4 is 15.4 Å². The van der Waals surface area contributed by atoms with Crippen LogP contribution in [0, 0.1) is 30.2 Å². The molecule has 0 radical (unpaired) electrons. The van der Waals surface area contributed by atoms with Crippen molar-refractivity contribution < 1.29 is 46.2 Å². The van der Waals surface area contributed by atoms with E-state index in [0.29, 0.717) is 0 Å². The number of esters is 2. The van der Waals surface area contributed by atoms with Crippen LogP contribution in [-0.4, -0.2) is 43.3 Å². The van der Waals surface area contributed by atoms with E-state index in [1.54, 1.807) is 13.8 Å². The number of ether oxygens (including phenoxy) is 3. The Hall–Kier alpha value is -3.26. The first-order valence-corrected chi connectivity index (χ1v) is 10.7. The number of halogens is 4. The molecule has 0 unspecified atom stereocenters. The van der Waals surface area contributed by atoms with Crippen LogP contribution in [0.2, 0.25) is 0 Å². The molecule has 0 atom stereocenters. The van der Waals surface area contributed by atoms with Gasteiger partial charge in [-0.3, -0.25) is 10.1 Å². The lowest BCUT2D eigenvalue weighted by Gasteiger charge is -2.13. The van der Waals surface area contributed by atoms with Crippen molar-refractivity contribution in [1.82, 2.24) is 5.32 Å². The van der Waals surface area contributed by atoms with E-state index in [9.17, 15) is 31.9 Å². The third kappa shape index (κ3) is 5.28. The molecular formula is C20H18F4N2O6S2. The Bertz CT molecular complexity index is 1140. The molecule has 2 N–H and O–H groups in total. The minimum atomic E-state index is -2.00. The predicted molar refractivity (Wildman–Crippen MR) is 117 cm³/mol. The van der Waals surface area contributed by atoms with Crippen LogP contribution >= 0.6 is 23.6 Å². The first-order chi connectivity index (χ1) is 16.0. The minimum absolute atomic E-state index is 0.0105. The quantitative estimate of drug-likeness (QED) is 0.243. The van der Waals surface area contributed by atoms with Gasteiger partial charge in [-0.1, -0.05) is 0 Å². The molecule has 0 saturated heterocycles. The second kappa shape index (κ2) is 11.2. The summed E-state index contributed by atoms with van der Waals surface area (Å²) in [5, 5.41) is 3.68. The van der Waals surface area contributed by atoms with Gasteiger partial charge in [0.25, 0.3) is 5.91 Å². The van der Waals surface area contributed by atoms with Gasteiger partial charge < -0.3 is 19.5 Å². The van der Waals surface area contributed by atoms with Gasteiger partial charge >= 0.3 is 11.9 Å². The van der Waals surface area contributed by atoms with Crippen molar-refractivity contribution in [2.45, 2.75) is 20.8 Å². The van der Waals surface area contributed by atoms with Gasteiger partial charge in [-0.2, -0.15) is 8.78 Å². The number of thiocarbonyl (C=S) groups is 1. The Morgan fingerprint density at radius 2 is 1.44 bits per heavy atom. The lowest BCUT2D eigenvalue weighted by molar-refractivity contribution is 0.0527.